The molecule has 2 aromatic rings. The lowest BCUT2D eigenvalue weighted by molar-refractivity contribution is 0.360. The first kappa shape index (κ1) is 15.9. The van der Waals surface area contributed by atoms with Gasteiger partial charge in [0, 0.05) is 30.6 Å². The summed E-state index contributed by atoms with van der Waals surface area (Å²) in [6, 6.07) is 16.0. The van der Waals surface area contributed by atoms with Crippen LogP contribution in [-0.4, -0.2) is 33.4 Å². The maximum atomic E-state index is 5.77. The number of ether oxygens (including phenoxy) is 2. The van der Waals surface area contributed by atoms with Gasteiger partial charge in [0.05, 0.1) is 31.6 Å². The van der Waals surface area contributed by atoms with Crippen molar-refractivity contribution in [2.75, 3.05) is 37.1 Å². The van der Waals surface area contributed by atoms with Crippen LogP contribution in [0, 0.1) is 5.92 Å². The number of hydrogen-bond acceptors (Lipinski definition) is 4. The minimum atomic E-state index is 0.399. The van der Waals surface area contributed by atoms with Crippen LogP contribution < -0.4 is 19.3 Å². The van der Waals surface area contributed by atoms with E-state index in [0.29, 0.717) is 18.0 Å². The fourth-order valence-electron chi connectivity index (χ4n) is 5.52. The number of methoxy groups -OCH3 is 2. The molecule has 4 nitrogen and oxygen atoms in total. The van der Waals surface area contributed by atoms with E-state index in [9.17, 15) is 0 Å². The summed E-state index contributed by atoms with van der Waals surface area (Å²) in [7, 11) is 3.56. The van der Waals surface area contributed by atoms with Gasteiger partial charge in [-0.05, 0) is 37.5 Å². The number of nitrogens with zero attached hydrogens (tertiary/aromatic N) is 2. The summed E-state index contributed by atoms with van der Waals surface area (Å²) in [6.07, 6.45) is 3.80. The van der Waals surface area contributed by atoms with E-state index in [2.05, 4.69) is 46.2 Å². The van der Waals surface area contributed by atoms with Gasteiger partial charge in [0.25, 0.3) is 0 Å². The Bertz CT molecular complexity index is 822. The Balaban J connectivity index is 1.66. The lowest BCUT2D eigenvalue weighted by Crippen LogP contribution is -2.44. The highest BCUT2D eigenvalue weighted by atomic mass is 16.5. The van der Waals surface area contributed by atoms with Gasteiger partial charge in [0.2, 0.25) is 0 Å². The number of anilines is 2. The first-order valence-electron chi connectivity index (χ1n) is 9.66. The molecule has 0 radical (unpaired) electrons. The van der Waals surface area contributed by atoms with E-state index in [1.54, 1.807) is 14.2 Å². The van der Waals surface area contributed by atoms with E-state index >= 15 is 0 Å². The summed E-state index contributed by atoms with van der Waals surface area (Å²) in [5.74, 6) is 2.65. The smallest absolute Gasteiger partial charge is 0.142 e. The second kappa shape index (κ2) is 6.11. The van der Waals surface area contributed by atoms with Crippen LogP contribution in [0.15, 0.2) is 42.5 Å². The van der Waals surface area contributed by atoms with Crippen LogP contribution in [0.25, 0.3) is 0 Å². The Kier molecular flexibility index (Phi) is 3.73. The zero-order chi connectivity index (χ0) is 17.7. The lowest BCUT2D eigenvalue weighted by atomic mass is 9.81. The molecule has 0 unspecified atom stereocenters. The van der Waals surface area contributed by atoms with E-state index in [-0.39, 0.29) is 0 Å². The molecule has 0 bridgehead atoms. The summed E-state index contributed by atoms with van der Waals surface area (Å²) in [5.41, 5.74) is 3.94. The molecule has 0 aromatic heterocycles. The first-order valence-corrected chi connectivity index (χ1v) is 9.66. The van der Waals surface area contributed by atoms with Crippen LogP contribution in [0.2, 0.25) is 0 Å². The number of fused-ring (bicyclic) bond motifs is 6. The third kappa shape index (κ3) is 2.14. The molecule has 136 valence electrons. The van der Waals surface area contributed by atoms with Gasteiger partial charge in [-0.3, -0.25) is 0 Å². The Morgan fingerprint density at radius 1 is 0.846 bits per heavy atom. The SMILES string of the molecule is COc1ccccc1N1CC[C@@H]2[C@@H]3CCCN3c3c(OC)cccc3[C@@H]21. The molecule has 26 heavy (non-hydrogen) atoms. The van der Waals surface area contributed by atoms with Crippen molar-refractivity contribution >= 4 is 11.4 Å². The minimum absolute atomic E-state index is 0.399. The largest absolute Gasteiger partial charge is 0.495 e. The van der Waals surface area contributed by atoms with E-state index < -0.39 is 0 Å². The molecule has 0 N–H and O–H groups in total. The van der Waals surface area contributed by atoms with Crippen LogP contribution in [0.1, 0.15) is 30.9 Å². The zero-order valence-electron chi connectivity index (χ0n) is 15.5. The molecule has 2 aromatic carbocycles. The molecule has 2 saturated heterocycles. The van der Waals surface area contributed by atoms with Crippen molar-refractivity contribution in [3.63, 3.8) is 0 Å². The van der Waals surface area contributed by atoms with Gasteiger partial charge in [0.15, 0.2) is 0 Å². The van der Waals surface area contributed by atoms with E-state index in [1.165, 1.54) is 36.2 Å². The highest BCUT2D eigenvalue weighted by Crippen LogP contribution is 2.55. The summed E-state index contributed by atoms with van der Waals surface area (Å²) in [5, 5.41) is 0. The van der Waals surface area contributed by atoms with Gasteiger partial charge >= 0.3 is 0 Å². The fraction of sp³-hybridized carbons (Fsp3) is 0.455. The second-order valence-corrected chi connectivity index (χ2v) is 7.56. The highest BCUT2D eigenvalue weighted by Gasteiger charge is 2.49. The van der Waals surface area contributed by atoms with E-state index in [0.717, 1.165) is 24.6 Å². The predicted octanol–water partition coefficient (Wildman–Crippen LogP) is 4.25. The summed E-state index contributed by atoms with van der Waals surface area (Å²) < 4.78 is 11.5. The van der Waals surface area contributed by atoms with E-state index in [4.69, 9.17) is 9.47 Å². The zero-order valence-corrected chi connectivity index (χ0v) is 15.5. The quantitative estimate of drug-likeness (QED) is 0.826. The van der Waals surface area contributed by atoms with Gasteiger partial charge in [-0.25, -0.2) is 0 Å². The van der Waals surface area contributed by atoms with E-state index in [1.807, 2.05) is 6.07 Å². The van der Waals surface area contributed by atoms with Gasteiger partial charge < -0.3 is 19.3 Å². The summed E-state index contributed by atoms with van der Waals surface area (Å²) in [6.45, 7) is 2.23. The minimum Gasteiger partial charge on any atom is -0.495 e. The van der Waals surface area contributed by atoms with Gasteiger partial charge in [-0.2, -0.15) is 0 Å². The normalized spacial score (nSPS) is 26.3. The Hall–Kier alpha value is -2.36. The van der Waals surface area contributed by atoms with Gasteiger partial charge in [0.1, 0.15) is 11.5 Å². The molecule has 3 aliphatic rings. The molecule has 0 aliphatic carbocycles. The number of benzene rings is 2. The van der Waals surface area contributed by atoms with Gasteiger partial charge in [-0.1, -0.05) is 24.3 Å². The third-order valence-electron chi connectivity index (χ3n) is 6.49. The van der Waals surface area contributed by atoms with Crippen molar-refractivity contribution in [3.05, 3.63) is 48.0 Å². The van der Waals surface area contributed by atoms with Crippen LogP contribution in [0.4, 0.5) is 11.4 Å². The van der Waals surface area contributed by atoms with Crippen LogP contribution in [-0.2, 0) is 0 Å². The number of hydrogen-bond donors (Lipinski definition) is 0. The topological polar surface area (TPSA) is 24.9 Å². The molecule has 3 heterocycles. The highest BCUT2D eigenvalue weighted by molar-refractivity contribution is 5.71. The average molecular weight is 350 g/mol. The van der Waals surface area contributed by atoms with Crippen molar-refractivity contribution in [1.82, 2.24) is 0 Å². The third-order valence-corrected chi connectivity index (χ3v) is 6.49. The Morgan fingerprint density at radius 3 is 2.50 bits per heavy atom. The monoisotopic (exact) mass is 350 g/mol. The van der Waals surface area contributed by atoms with Crippen molar-refractivity contribution in [3.8, 4) is 11.5 Å². The predicted molar refractivity (Wildman–Crippen MR) is 105 cm³/mol. The Morgan fingerprint density at radius 2 is 1.65 bits per heavy atom. The average Bonchev–Trinajstić information content (AvgIpc) is 3.34. The van der Waals surface area contributed by atoms with Crippen LogP contribution >= 0.6 is 0 Å². The molecular formula is C22H26N2O2. The molecule has 0 amide bonds. The fourth-order valence-corrected chi connectivity index (χ4v) is 5.52. The summed E-state index contributed by atoms with van der Waals surface area (Å²) >= 11 is 0. The van der Waals surface area contributed by atoms with Crippen molar-refractivity contribution in [1.29, 1.82) is 0 Å². The molecule has 0 spiro atoms. The maximum absolute atomic E-state index is 5.77. The van der Waals surface area contributed by atoms with Crippen molar-refractivity contribution in [2.24, 2.45) is 5.92 Å². The number of para-hydroxylation sites is 3. The van der Waals surface area contributed by atoms with Crippen molar-refractivity contribution in [2.45, 2.75) is 31.3 Å². The van der Waals surface area contributed by atoms with Crippen molar-refractivity contribution < 1.29 is 9.47 Å². The molecule has 2 fully saturated rings. The Labute approximate surface area is 155 Å². The second-order valence-electron chi connectivity index (χ2n) is 7.56. The summed E-state index contributed by atoms with van der Waals surface area (Å²) in [4.78, 5) is 5.19. The standard InChI is InChI=1S/C22H26N2O2/c1-25-19-10-4-3-8-18(19)24-14-12-15-17-9-6-13-23(17)22-16(21(15)24)7-5-11-20(22)26-2/h3-5,7-8,10-11,15,17,21H,6,9,12-14H2,1-2H3/t15-,17+,21-/m1/s1. The first-order chi connectivity index (χ1) is 12.8. The molecule has 3 atom stereocenters. The molecular weight excluding hydrogens is 324 g/mol. The van der Waals surface area contributed by atoms with Gasteiger partial charge in [-0.15, -0.1) is 0 Å². The lowest BCUT2D eigenvalue weighted by Gasteiger charge is -2.44. The maximum Gasteiger partial charge on any atom is 0.142 e. The molecule has 0 saturated carbocycles. The van der Waals surface area contributed by atoms with Crippen LogP contribution in [0.3, 0.4) is 0 Å². The molecule has 5 rings (SSSR count). The molecule has 4 heteroatoms. The molecule has 3 aliphatic heterocycles. The van der Waals surface area contributed by atoms with Crippen LogP contribution in [0.5, 0.6) is 11.5 Å². The number of rotatable bonds is 3.